The summed E-state index contributed by atoms with van der Waals surface area (Å²) in [6, 6.07) is 0. The number of nitrogens with two attached hydrogens (primary N) is 1. The highest BCUT2D eigenvalue weighted by molar-refractivity contribution is 5.78. The second-order valence-electron chi connectivity index (χ2n) is 6.22. The molecule has 1 amide bonds. The Morgan fingerprint density at radius 3 is 2.61 bits per heavy atom. The number of nitrogens with zero attached hydrogens (tertiary/aromatic N) is 1. The molecule has 104 valence electrons. The van der Waals surface area contributed by atoms with Crippen molar-refractivity contribution in [2.45, 2.75) is 51.4 Å². The zero-order valence-corrected chi connectivity index (χ0v) is 11.7. The zero-order chi connectivity index (χ0) is 13.0. The summed E-state index contributed by atoms with van der Waals surface area (Å²) in [5, 5.41) is 0. The van der Waals surface area contributed by atoms with Gasteiger partial charge in [0.15, 0.2) is 0 Å². The quantitative estimate of drug-likeness (QED) is 0.835. The van der Waals surface area contributed by atoms with Crippen LogP contribution in [0.5, 0.6) is 0 Å². The average Bonchev–Trinajstić information content (AvgIpc) is 2.43. The molecule has 0 heterocycles. The summed E-state index contributed by atoms with van der Waals surface area (Å²) in [7, 11) is 1.94. The number of carbonyl (C=O) groups excluding carboxylic acids is 1. The van der Waals surface area contributed by atoms with Gasteiger partial charge < -0.3 is 10.6 Å². The number of hydrogen-bond acceptors (Lipinski definition) is 2. The van der Waals surface area contributed by atoms with Crippen LogP contribution in [0.1, 0.15) is 51.4 Å². The van der Waals surface area contributed by atoms with Gasteiger partial charge in [0.2, 0.25) is 5.91 Å². The Bertz CT molecular complexity index is 280. The minimum absolute atomic E-state index is 0.298. The summed E-state index contributed by atoms with van der Waals surface area (Å²) in [6.07, 6.45) is 10.0. The van der Waals surface area contributed by atoms with Gasteiger partial charge in [0.25, 0.3) is 0 Å². The highest BCUT2D eigenvalue weighted by Gasteiger charge is 2.35. The third kappa shape index (κ3) is 3.25. The molecule has 2 fully saturated rings. The van der Waals surface area contributed by atoms with Gasteiger partial charge in [-0.1, -0.05) is 25.7 Å². The molecule has 3 unspecified atom stereocenters. The Morgan fingerprint density at radius 1 is 1.17 bits per heavy atom. The van der Waals surface area contributed by atoms with E-state index in [1.165, 1.54) is 32.1 Å². The van der Waals surface area contributed by atoms with Gasteiger partial charge in [0, 0.05) is 19.5 Å². The normalized spacial score (nSPS) is 31.8. The van der Waals surface area contributed by atoms with Gasteiger partial charge >= 0.3 is 0 Å². The number of fused-ring (bicyclic) bond motifs is 1. The fraction of sp³-hybridized carbons (Fsp3) is 0.933. The highest BCUT2D eigenvalue weighted by Crippen LogP contribution is 2.43. The number of rotatable bonds is 4. The molecule has 0 aliphatic heterocycles. The van der Waals surface area contributed by atoms with E-state index in [1.807, 2.05) is 11.9 Å². The molecule has 2 rings (SSSR count). The van der Waals surface area contributed by atoms with Crippen molar-refractivity contribution in [2.75, 3.05) is 20.1 Å². The van der Waals surface area contributed by atoms with E-state index in [1.54, 1.807) is 0 Å². The Balaban J connectivity index is 1.84. The zero-order valence-electron chi connectivity index (χ0n) is 11.7. The summed E-state index contributed by atoms with van der Waals surface area (Å²) >= 11 is 0. The first-order valence-corrected chi connectivity index (χ1v) is 7.67. The first kappa shape index (κ1) is 13.9. The van der Waals surface area contributed by atoms with Gasteiger partial charge in [-0.05, 0) is 44.1 Å². The van der Waals surface area contributed by atoms with Crippen molar-refractivity contribution in [3.05, 3.63) is 0 Å². The predicted octanol–water partition coefficient (Wildman–Crippen LogP) is 2.40. The van der Waals surface area contributed by atoms with E-state index in [9.17, 15) is 4.79 Å². The van der Waals surface area contributed by atoms with E-state index in [-0.39, 0.29) is 0 Å². The first-order chi connectivity index (χ1) is 8.72. The number of carbonyl (C=O) groups is 1. The van der Waals surface area contributed by atoms with Crippen molar-refractivity contribution in [1.29, 1.82) is 0 Å². The molecule has 2 saturated carbocycles. The van der Waals surface area contributed by atoms with Crippen LogP contribution in [0.3, 0.4) is 0 Å². The lowest BCUT2D eigenvalue weighted by Crippen LogP contribution is -2.39. The monoisotopic (exact) mass is 252 g/mol. The van der Waals surface area contributed by atoms with Crippen LogP contribution in [-0.4, -0.2) is 30.9 Å². The van der Waals surface area contributed by atoms with Crippen molar-refractivity contribution >= 4 is 5.91 Å². The third-order valence-electron chi connectivity index (χ3n) is 4.96. The van der Waals surface area contributed by atoms with Gasteiger partial charge in [-0.2, -0.15) is 0 Å². The molecule has 2 N–H and O–H groups in total. The largest absolute Gasteiger partial charge is 0.345 e. The molecule has 0 spiro atoms. The maximum absolute atomic E-state index is 12.4. The second-order valence-corrected chi connectivity index (χ2v) is 6.22. The van der Waals surface area contributed by atoms with Crippen LogP contribution >= 0.6 is 0 Å². The van der Waals surface area contributed by atoms with E-state index >= 15 is 0 Å². The van der Waals surface area contributed by atoms with Crippen molar-refractivity contribution in [3.8, 4) is 0 Å². The van der Waals surface area contributed by atoms with Crippen LogP contribution in [0.4, 0.5) is 0 Å². The lowest BCUT2D eigenvalue weighted by molar-refractivity contribution is -0.136. The Labute approximate surface area is 111 Å². The lowest BCUT2D eigenvalue weighted by atomic mass is 9.67. The van der Waals surface area contributed by atoms with Gasteiger partial charge in [-0.3, -0.25) is 4.79 Å². The summed E-state index contributed by atoms with van der Waals surface area (Å²) in [6.45, 7) is 1.49. The molecule has 3 heteroatoms. The van der Waals surface area contributed by atoms with Crippen LogP contribution in [0.25, 0.3) is 0 Å². The van der Waals surface area contributed by atoms with Gasteiger partial charge in [-0.25, -0.2) is 0 Å². The van der Waals surface area contributed by atoms with E-state index in [4.69, 9.17) is 5.73 Å². The summed E-state index contributed by atoms with van der Waals surface area (Å²) in [5.74, 6) is 2.43. The van der Waals surface area contributed by atoms with Crippen molar-refractivity contribution in [3.63, 3.8) is 0 Å². The van der Waals surface area contributed by atoms with Crippen molar-refractivity contribution in [2.24, 2.45) is 23.5 Å². The van der Waals surface area contributed by atoms with Crippen LogP contribution in [0.15, 0.2) is 0 Å². The molecular formula is C15H28N2O. The first-order valence-electron chi connectivity index (χ1n) is 7.67. The van der Waals surface area contributed by atoms with Crippen LogP contribution < -0.4 is 5.73 Å². The van der Waals surface area contributed by atoms with E-state index in [0.717, 1.165) is 37.6 Å². The minimum Gasteiger partial charge on any atom is -0.345 e. The maximum Gasteiger partial charge on any atom is 0.225 e. The molecule has 0 bridgehead atoms. The minimum atomic E-state index is 0.298. The average molecular weight is 252 g/mol. The van der Waals surface area contributed by atoms with Crippen molar-refractivity contribution < 1.29 is 4.79 Å². The Hall–Kier alpha value is -0.570. The Kier molecular flexibility index (Phi) is 5.04. The SMILES string of the molecule is CN(CCCN)C(=O)C1CCC2CCCCC2C1. The second kappa shape index (κ2) is 6.55. The van der Waals surface area contributed by atoms with Gasteiger partial charge in [0.05, 0.1) is 0 Å². The topological polar surface area (TPSA) is 46.3 Å². The standard InChI is InChI=1S/C15H28N2O/c1-17(10-4-9-16)15(18)14-8-7-12-5-2-3-6-13(12)11-14/h12-14H,2-11,16H2,1H3. The van der Waals surface area contributed by atoms with E-state index in [0.29, 0.717) is 18.4 Å². The molecule has 0 radical (unpaired) electrons. The summed E-state index contributed by atoms with van der Waals surface area (Å²) in [4.78, 5) is 14.3. The fourth-order valence-corrected chi connectivity index (χ4v) is 3.85. The van der Waals surface area contributed by atoms with Crippen LogP contribution in [0.2, 0.25) is 0 Å². The highest BCUT2D eigenvalue weighted by atomic mass is 16.2. The Morgan fingerprint density at radius 2 is 1.89 bits per heavy atom. The van der Waals surface area contributed by atoms with Crippen molar-refractivity contribution in [1.82, 2.24) is 4.90 Å². The molecule has 3 nitrogen and oxygen atoms in total. The number of hydrogen-bond donors (Lipinski definition) is 1. The predicted molar refractivity (Wildman–Crippen MR) is 74.1 cm³/mol. The molecule has 0 saturated heterocycles. The molecule has 0 aromatic carbocycles. The fourth-order valence-electron chi connectivity index (χ4n) is 3.85. The number of amides is 1. The van der Waals surface area contributed by atoms with E-state index < -0.39 is 0 Å². The summed E-state index contributed by atoms with van der Waals surface area (Å²) in [5.41, 5.74) is 5.50. The van der Waals surface area contributed by atoms with Gasteiger partial charge in [0.1, 0.15) is 0 Å². The molecular weight excluding hydrogens is 224 g/mol. The summed E-state index contributed by atoms with van der Waals surface area (Å²) < 4.78 is 0. The maximum atomic E-state index is 12.4. The molecule has 3 atom stereocenters. The van der Waals surface area contributed by atoms with E-state index in [2.05, 4.69) is 0 Å². The molecule has 0 aromatic rings. The lowest BCUT2D eigenvalue weighted by Gasteiger charge is -2.39. The van der Waals surface area contributed by atoms with Crippen LogP contribution in [-0.2, 0) is 4.79 Å². The van der Waals surface area contributed by atoms with Crippen LogP contribution in [0, 0.1) is 17.8 Å². The molecule has 2 aliphatic carbocycles. The molecule has 2 aliphatic rings. The third-order valence-corrected chi connectivity index (χ3v) is 4.96. The smallest absolute Gasteiger partial charge is 0.225 e. The molecule has 18 heavy (non-hydrogen) atoms. The van der Waals surface area contributed by atoms with Gasteiger partial charge in [-0.15, -0.1) is 0 Å². The molecule has 0 aromatic heterocycles.